The summed E-state index contributed by atoms with van der Waals surface area (Å²) in [5.41, 5.74) is 1.04. The van der Waals surface area contributed by atoms with Crippen LogP contribution in [0.15, 0.2) is 36.4 Å². The van der Waals surface area contributed by atoms with E-state index in [0.29, 0.717) is 41.5 Å². The van der Waals surface area contributed by atoms with E-state index in [-0.39, 0.29) is 47.7 Å². The van der Waals surface area contributed by atoms with E-state index < -0.39 is 6.10 Å². The first-order chi connectivity index (χ1) is 17.2. The largest absolute Gasteiger partial charge is 0.484 e. The highest BCUT2D eigenvalue weighted by atomic mass is 35.5. The zero-order valence-electron chi connectivity index (χ0n) is 20.1. The number of halogens is 2. The number of fused-ring (bicyclic) bond motifs is 1. The number of carbonyl (C=O) groups is 2. The van der Waals surface area contributed by atoms with Crippen molar-refractivity contribution in [1.29, 1.82) is 0 Å². The molecule has 2 aromatic carbocycles. The molecule has 36 heavy (non-hydrogen) atoms. The topological polar surface area (TPSA) is 96.9 Å². The Morgan fingerprint density at radius 1 is 1.22 bits per heavy atom. The first-order valence-electron chi connectivity index (χ1n) is 12.2. The fourth-order valence-electron chi connectivity index (χ4n) is 6.02. The summed E-state index contributed by atoms with van der Waals surface area (Å²) in [6, 6.07) is 9.74. The maximum Gasteiger partial charge on any atom is 0.258 e. The Morgan fingerprint density at radius 3 is 2.72 bits per heavy atom. The Labute approximate surface area is 214 Å². The van der Waals surface area contributed by atoms with Crippen LogP contribution in [0.25, 0.3) is 0 Å². The average molecular weight is 517 g/mol. The maximum absolute atomic E-state index is 13.7. The van der Waals surface area contributed by atoms with E-state index in [1.165, 1.54) is 6.07 Å². The Morgan fingerprint density at radius 2 is 2.00 bits per heavy atom. The number of ether oxygens (including phenoxy) is 2. The lowest BCUT2D eigenvalue weighted by Crippen LogP contribution is -2.75. The lowest BCUT2D eigenvalue weighted by Gasteiger charge is -2.70. The fraction of sp³-hybridized carbons (Fsp3) is 0.481. The number of hydrogen-bond acceptors (Lipinski definition) is 6. The van der Waals surface area contributed by atoms with Crippen molar-refractivity contribution < 1.29 is 28.6 Å². The molecule has 3 N–H and O–H groups in total. The van der Waals surface area contributed by atoms with Crippen molar-refractivity contribution in [2.24, 2.45) is 5.41 Å². The van der Waals surface area contributed by atoms with Crippen LogP contribution in [0, 0.1) is 18.2 Å². The zero-order valence-corrected chi connectivity index (χ0v) is 20.9. The molecule has 0 saturated heterocycles. The molecule has 1 heterocycles. The van der Waals surface area contributed by atoms with Crippen LogP contribution in [0.5, 0.6) is 11.5 Å². The van der Waals surface area contributed by atoms with Gasteiger partial charge in [-0.15, -0.1) is 0 Å². The lowest BCUT2D eigenvalue weighted by molar-refractivity contribution is -0.175. The van der Waals surface area contributed by atoms with Crippen LogP contribution in [-0.2, 0) is 9.59 Å². The molecule has 0 aromatic heterocycles. The number of ketones is 1. The summed E-state index contributed by atoms with van der Waals surface area (Å²) in [4.78, 5) is 25.6. The molecule has 6 rings (SSSR count). The first-order valence-corrected chi connectivity index (χ1v) is 12.6. The normalized spacial score (nSPS) is 27.7. The number of rotatable bonds is 10. The van der Waals surface area contributed by atoms with E-state index in [1.54, 1.807) is 31.2 Å². The Kier molecular flexibility index (Phi) is 6.70. The fourth-order valence-corrected chi connectivity index (χ4v) is 6.20. The molecule has 0 spiro atoms. The van der Waals surface area contributed by atoms with Crippen LogP contribution in [0.3, 0.4) is 0 Å². The van der Waals surface area contributed by atoms with Crippen molar-refractivity contribution in [3.8, 4) is 11.5 Å². The SMILES string of the molecule is Cc1ccc(OCC(=O)NC23CC(CC(=O)[C@@H]4C[C@H](NCCO)c5cc(Cl)ccc5O4)(C2)C3)cc1F. The molecule has 4 aliphatic rings. The summed E-state index contributed by atoms with van der Waals surface area (Å²) in [6.45, 7) is 1.89. The molecule has 9 heteroatoms. The van der Waals surface area contributed by atoms with Gasteiger partial charge < -0.3 is 25.2 Å². The van der Waals surface area contributed by atoms with Gasteiger partial charge in [-0.3, -0.25) is 9.59 Å². The predicted molar refractivity (Wildman–Crippen MR) is 132 cm³/mol. The first kappa shape index (κ1) is 25.0. The molecule has 7 nitrogen and oxygen atoms in total. The minimum absolute atomic E-state index is 0.00424. The van der Waals surface area contributed by atoms with Gasteiger partial charge in [-0.1, -0.05) is 17.7 Å². The van der Waals surface area contributed by atoms with E-state index >= 15 is 0 Å². The number of Topliss-reactive ketones (excluding diaryl/α,β-unsaturated/α-hetero) is 1. The highest BCUT2D eigenvalue weighted by Gasteiger charge is 2.68. The Bertz CT molecular complexity index is 1170. The van der Waals surface area contributed by atoms with Crippen molar-refractivity contribution in [3.05, 3.63) is 58.4 Å². The summed E-state index contributed by atoms with van der Waals surface area (Å²) in [5.74, 6) is 0.379. The number of carbonyl (C=O) groups excluding carboxylic acids is 2. The van der Waals surface area contributed by atoms with Crippen molar-refractivity contribution in [2.75, 3.05) is 19.8 Å². The number of benzene rings is 2. The molecule has 3 saturated carbocycles. The summed E-state index contributed by atoms with van der Waals surface area (Å²) < 4.78 is 25.1. The van der Waals surface area contributed by atoms with Crippen molar-refractivity contribution in [1.82, 2.24) is 10.6 Å². The molecular formula is C27H30ClFN2O5. The summed E-state index contributed by atoms with van der Waals surface area (Å²) >= 11 is 6.15. The van der Waals surface area contributed by atoms with Crippen LogP contribution < -0.4 is 20.1 Å². The maximum atomic E-state index is 13.7. The quantitative estimate of drug-likeness (QED) is 0.446. The highest BCUT2D eigenvalue weighted by molar-refractivity contribution is 6.30. The van der Waals surface area contributed by atoms with Gasteiger partial charge in [0.15, 0.2) is 18.5 Å². The molecule has 0 radical (unpaired) electrons. The average Bonchev–Trinajstić information content (AvgIpc) is 2.81. The van der Waals surface area contributed by atoms with Gasteiger partial charge in [0.05, 0.1) is 6.61 Å². The Hall–Kier alpha value is -2.68. The second kappa shape index (κ2) is 9.65. The number of aryl methyl sites for hydroxylation is 1. The van der Waals surface area contributed by atoms with Crippen LogP contribution >= 0.6 is 11.6 Å². The predicted octanol–water partition coefficient (Wildman–Crippen LogP) is 3.64. The van der Waals surface area contributed by atoms with E-state index in [2.05, 4.69) is 10.6 Å². The van der Waals surface area contributed by atoms with Gasteiger partial charge in [0, 0.05) is 47.6 Å². The molecular weight excluding hydrogens is 487 g/mol. The molecule has 2 atom stereocenters. The van der Waals surface area contributed by atoms with Crippen LogP contribution in [-0.4, -0.2) is 48.2 Å². The Balaban J connectivity index is 1.12. The van der Waals surface area contributed by atoms with Gasteiger partial charge in [-0.25, -0.2) is 4.39 Å². The molecule has 0 unspecified atom stereocenters. The lowest BCUT2D eigenvalue weighted by atomic mass is 9.38. The number of aliphatic hydroxyl groups is 1. The molecule has 3 aliphatic carbocycles. The minimum atomic E-state index is -0.572. The standard InChI is InChI=1S/C27H30ClFN2O5/c1-16-2-4-18(9-20(16)29)35-12-25(34)31-27-13-26(14-27,15-27)11-22(33)24-10-21(30-6-7-32)19-8-17(28)3-5-23(19)36-24/h2-5,8-9,21,24,30,32H,6-7,10-15H2,1H3,(H,31,34)/t21-,24-,26?,27?/m0/s1. The number of amides is 1. The van der Waals surface area contributed by atoms with Crippen molar-refractivity contribution >= 4 is 23.3 Å². The van der Waals surface area contributed by atoms with Crippen LogP contribution in [0.4, 0.5) is 4.39 Å². The third-order valence-electron chi connectivity index (χ3n) is 7.54. The minimum Gasteiger partial charge on any atom is -0.484 e. The van der Waals surface area contributed by atoms with Gasteiger partial charge in [0.1, 0.15) is 17.3 Å². The second-order valence-corrected chi connectivity index (χ2v) is 10.9. The van der Waals surface area contributed by atoms with E-state index in [9.17, 15) is 19.1 Å². The second-order valence-electron chi connectivity index (χ2n) is 10.5. The third kappa shape index (κ3) is 4.94. The van der Waals surface area contributed by atoms with E-state index in [0.717, 1.165) is 24.8 Å². The van der Waals surface area contributed by atoms with Gasteiger partial charge in [-0.2, -0.15) is 0 Å². The number of hydrogen-bond donors (Lipinski definition) is 3. The zero-order chi connectivity index (χ0) is 25.5. The van der Waals surface area contributed by atoms with Crippen LogP contribution in [0.1, 0.15) is 49.3 Å². The molecule has 2 aromatic rings. The van der Waals surface area contributed by atoms with E-state index in [4.69, 9.17) is 21.1 Å². The third-order valence-corrected chi connectivity index (χ3v) is 7.77. The molecule has 1 amide bonds. The highest BCUT2D eigenvalue weighted by Crippen LogP contribution is 2.69. The molecule has 2 bridgehead atoms. The molecule has 192 valence electrons. The molecule has 3 fully saturated rings. The van der Waals surface area contributed by atoms with Crippen molar-refractivity contribution in [3.63, 3.8) is 0 Å². The van der Waals surface area contributed by atoms with Gasteiger partial charge in [0.2, 0.25) is 0 Å². The smallest absolute Gasteiger partial charge is 0.258 e. The monoisotopic (exact) mass is 516 g/mol. The van der Waals surface area contributed by atoms with Crippen molar-refractivity contribution in [2.45, 2.75) is 56.7 Å². The van der Waals surface area contributed by atoms with E-state index in [1.807, 2.05) is 6.07 Å². The van der Waals surface area contributed by atoms with Gasteiger partial charge >= 0.3 is 0 Å². The summed E-state index contributed by atoms with van der Waals surface area (Å²) in [5, 5.41) is 16.1. The summed E-state index contributed by atoms with van der Waals surface area (Å²) in [6.07, 6.45) is 2.56. The van der Waals surface area contributed by atoms with Gasteiger partial charge in [0.25, 0.3) is 5.91 Å². The molecule has 1 aliphatic heterocycles. The number of nitrogens with one attached hydrogen (secondary N) is 2. The van der Waals surface area contributed by atoms with Gasteiger partial charge in [-0.05, 0) is 61.4 Å². The van der Waals surface area contributed by atoms with Crippen LogP contribution in [0.2, 0.25) is 5.02 Å². The summed E-state index contributed by atoms with van der Waals surface area (Å²) in [7, 11) is 0. The number of aliphatic hydroxyl groups excluding tert-OH is 1.